The molecule has 0 radical (unpaired) electrons. The molecule has 2 unspecified atom stereocenters. The topological polar surface area (TPSA) is 18.5 Å². The number of hydrogen-bond donors (Lipinski definition) is 0. The Labute approximate surface area is 287 Å². The first-order valence-electron chi connectivity index (χ1n) is 16.2. The number of rotatable bonds is 16. The fourth-order valence-corrected chi connectivity index (χ4v) is 10.6. The number of ether oxygens (including phenoxy) is 2. The third kappa shape index (κ3) is 12.5. The molecule has 2 aliphatic carbocycles. The van der Waals surface area contributed by atoms with Crippen LogP contribution < -0.4 is 24.8 Å². The molecule has 0 aliphatic heterocycles. The van der Waals surface area contributed by atoms with E-state index in [9.17, 15) is 0 Å². The number of hydrogen-bond acceptors (Lipinski definition) is 2. The minimum absolute atomic E-state index is 0. The molecule has 0 heterocycles. The van der Waals surface area contributed by atoms with Crippen molar-refractivity contribution in [2.24, 2.45) is 0 Å². The summed E-state index contributed by atoms with van der Waals surface area (Å²) in [4.78, 5) is 0. The van der Waals surface area contributed by atoms with Gasteiger partial charge >= 0.3 is 264 Å². The first-order valence-corrected chi connectivity index (χ1v) is 19.1. The Morgan fingerprint density at radius 1 is 0.535 bits per heavy atom. The number of allylic oxidation sites excluding steroid dienone is 4. The Hall–Kier alpha value is -0.697. The quantitative estimate of drug-likeness (QED) is 0.232. The van der Waals surface area contributed by atoms with Crippen LogP contribution in [0, 0.1) is 0 Å². The molecule has 0 saturated heterocycles. The third-order valence-corrected chi connectivity index (χ3v) is 12.2. The average molecular weight is 705 g/mol. The summed E-state index contributed by atoms with van der Waals surface area (Å²) >= 11 is -0.764. The summed E-state index contributed by atoms with van der Waals surface area (Å²) < 4.78 is 13.2. The van der Waals surface area contributed by atoms with Gasteiger partial charge in [0.15, 0.2) is 0 Å². The molecule has 0 amide bonds. The van der Waals surface area contributed by atoms with Crippen molar-refractivity contribution in [1.29, 1.82) is 0 Å². The predicted octanol–water partition coefficient (Wildman–Crippen LogP) is 4.88. The summed E-state index contributed by atoms with van der Waals surface area (Å²) in [6.45, 7) is 14.6. The summed E-state index contributed by atoms with van der Waals surface area (Å²) in [5, 5.41) is 0. The zero-order valence-corrected chi connectivity index (χ0v) is 31.5. The Kier molecular flexibility index (Phi) is 16.5. The van der Waals surface area contributed by atoms with Crippen LogP contribution in [0.5, 0.6) is 0 Å². The largest absolute Gasteiger partial charge is 1.00 e. The summed E-state index contributed by atoms with van der Waals surface area (Å²) in [6, 6.07) is 18.6. The van der Waals surface area contributed by atoms with Crippen LogP contribution in [0.4, 0.5) is 0 Å². The summed E-state index contributed by atoms with van der Waals surface area (Å²) in [5.41, 5.74) is 9.51. The summed E-state index contributed by atoms with van der Waals surface area (Å²) in [6.07, 6.45) is 17.8. The first kappa shape index (κ1) is 38.5. The van der Waals surface area contributed by atoms with Crippen molar-refractivity contribution in [2.75, 3.05) is 13.2 Å². The number of unbranched alkanes of at least 4 members (excludes halogenated alkanes) is 6. The first-order chi connectivity index (χ1) is 19.6. The molecule has 43 heavy (non-hydrogen) atoms. The van der Waals surface area contributed by atoms with Crippen molar-refractivity contribution < 1.29 is 57.5 Å². The minimum Gasteiger partial charge on any atom is -1.00 e. The molecule has 5 heteroatoms. The van der Waals surface area contributed by atoms with Crippen molar-refractivity contribution in [3.8, 4) is 0 Å². The van der Waals surface area contributed by atoms with Gasteiger partial charge in [0.25, 0.3) is 0 Å². The van der Waals surface area contributed by atoms with Crippen molar-refractivity contribution in [1.82, 2.24) is 0 Å². The standard InChI is InChI=1S/2C19H27O.2ClH.Zr/c2*1-19(2,3)20-15-9-5-4-6-10-16-13-14-17-11-7-8-12-18(16)17;;;/h2*7-8,11-14H,4-6,9-10,15H2,1-3H3;2*1H;/q;;;;+2/p-2. The van der Waals surface area contributed by atoms with E-state index in [1.54, 1.807) is 33.4 Å². The molecule has 0 saturated carbocycles. The van der Waals surface area contributed by atoms with Gasteiger partial charge in [0.2, 0.25) is 0 Å². The normalized spacial score (nSPS) is 17.3. The molecule has 2 aromatic rings. The molecule has 236 valence electrons. The molecule has 0 aromatic heterocycles. The molecular weight excluding hydrogens is 651 g/mol. The van der Waals surface area contributed by atoms with Gasteiger partial charge in [-0.15, -0.1) is 0 Å². The molecule has 2 aliphatic rings. The Bertz CT molecular complexity index is 1080. The number of benzene rings is 2. The Morgan fingerprint density at radius 3 is 1.30 bits per heavy atom. The van der Waals surface area contributed by atoms with Crippen molar-refractivity contribution >= 4 is 11.1 Å². The van der Waals surface area contributed by atoms with Crippen LogP contribution >= 0.6 is 0 Å². The van der Waals surface area contributed by atoms with E-state index in [-0.39, 0.29) is 36.0 Å². The van der Waals surface area contributed by atoms with Crippen molar-refractivity contribution in [3.05, 3.63) is 82.9 Å². The van der Waals surface area contributed by atoms with Gasteiger partial charge < -0.3 is 24.8 Å². The van der Waals surface area contributed by atoms with Gasteiger partial charge in [0, 0.05) is 0 Å². The van der Waals surface area contributed by atoms with Gasteiger partial charge in [-0.05, 0) is 0 Å². The van der Waals surface area contributed by atoms with Gasteiger partial charge in [-0.25, -0.2) is 0 Å². The molecule has 0 fully saturated rings. The van der Waals surface area contributed by atoms with E-state index in [1.165, 1.54) is 64.2 Å². The van der Waals surface area contributed by atoms with E-state index in [0.29, 0.717) is 7.25 Å². The van der Waals surface area contributed by atoms with E-state index in [1.807, 2.05) is 0 Å². The third-order valence-electron chi connectivity index (χ3n) is 8.13. The monoisotopic (exact) mass is 702 g/mol. The number of halogens is 2. The minimum atomic E-state index is -0.764. The van der Waals surface area contributed by atoms with E-state index in [4.69, 9.17) is 9.47 Å². The van der Waals surface area contributed by atoms with Gasteiger partial charge in [0.05, 0.1) is 0 Å². The van der Waals surface area contributed by atoms with Gasteiger partial charge in [-0.3, -0.25) is 0 Å². The second kappa shape index (κ2) is 18.4. The second-order valence-electron chi connectivity index (χ2n) is 13.9. The van der Waals surface area contributed by atoms with Crippen LogP contribution in [0.2, 0.25) is 0 Å². The van der Waals surface area contributed by atoms with E-state index in [2.05, 4.69) is 102 Å². The van der Waals surface area contributed by atoms with Crippen LogP contribution in [0.15, 0.2) is 60.7 Å². The van der Waals surface area contributed by atoms with E-state index in [0.717, 1.165) is 13.2 Å². The van der Waals surface area contributed by atoms with Crippen LogP contribution in [-0.4, -0.2) is 24.4 Å². The van der Waals surface area contributed by atoms with Gasteiger partial charge in [-0.1, -0.05) is 0 Å². The molecule has 4 rings (SSSR count). The maximum Gasteiger partial charge on any atom is -1.00 e. The predicted molar refractivity (Wildman–Crippen MR) is 172 cm³/mol. The maximum atomic E-state index is 5.90. The number of fused-ring (bicyclic) bond motifs is 2. The van der Waals surface area contributed by atoms with Crippen LogP contribution in [0.3, 0.4) is 0 Å². The Balaban J connectivity index is 0.00000323. The molecule has 2 nitrogen and oxygen atoms in total. The van der Waals surface area contributed by atoms with Crippen molar-refractivity contribution in [2.45, 2.75) is 124 Å². The fourth-order valence-electron chi connectivity index (χ4n) is 6.09. The van der Waals surface area contributed by atoms with Crippen LogP contribution in [0.25, 0.3) is 11.1 Å². The van der Waals surface area contributed by atoms with Crippen LogP contribution in [-0.2, 0) is 32.7 Å². The summed E-state index contributed by atoms with van der Waals surface area (Å²) in [5.74, 6) is 0. The van der Waals surface area contributed by atoms with E-state index < -0.39 is 23.2 Å². The Morgan fingerprint density at radius 2 is 0.907 bits per heavy atom. The molecule has 0 N–H and O–H groups in total. The van der Waals surface area contributed by atoms with Crippen molar-refractivity contribution in [3.63, 3.8) is 0 Å². The van der Waals surface area contributed by atoms with Gasteiger partial charge in [-0.2, -0.15) is 0 Å². The average Bonchev–Trinajstić information content (AvgIpc) is 3.44. The molecule has 2 atom stereocenters. The maximum absolute atomic E-state index is 5.90. The zero-order valence-electron chi connectivity index (χ0n) is 27.5. The summed E-state index contributed by atoms with van der Waals surface area (Å²) in [7, 11) is 0. The molecular formula is C38H54Cl2O2Zr. The molecule has 0 bridgehead atoms. The molecule has 2 aromatic carbocycles. The molecule has 0 spiro atoms. The smallest absolute Gasteiger partial charge is 1.00 e. The van der Waals surface area contributed by atoms with Crippen LogP contribution in [0.1, 0.15) is 135 Å². The SMILES string of the molecule is CC(C)(C)OCCCCCCC1=C[CH]([Zr+2][CH]2C=C(CCCCCCOC(C)(C)C)c3ccccc32)c2ccccc21.[Cl-].[Cl-]. The zero-order chi connectivity index (χ0) is 29.3. The second-order valence-corrected chi connectivity index (χ2v) is 17.8. The van der Waals surface area contributed by atoms with E-state index >= 15 is 0 Å². The van der Waals surface area contributed by atoms with Gasteiger partial charge in [0.1, 0.15) is 0 Å². The fraction of sp³-hybridized carbons (Fsp3) is 0.579.